The summed E-state index contributed by atoms with van der Waals surface area (Å²) in [5.41, 5.74) is -0.0319. The van der Waals surface area contributed by atoms with E-state index in [1.807, 2.05) is 0 Å². The summed E-state index contributed by atoms with van der Waals surface area (Å²) < 4.78 is 1.67. The molecule has 0 saturated carbocycles. The Bertz CT molecular complexity index is 527. The Kier molecular flexibility index (Phi) is 2.82. The molecule has 0 aliphatic carbocycles. The zero-order chi connectivity index (χ0) is 11.5. The molecule has 16 heavy (non-hydrogen) atoms. The number of aryl methyl sites for hydroxylation is 1. The lowest BCUT2D eigenvalue weighted by Crippen LogP contribution is -1.95. The number of rotatable bonds is 3. The normalized spacial score (nSPS) is 10.3. The molecule has 0 atom stereocenters. The SMILES string of the molecule is Cn1cnnc1Sc1ncccc1[N+](=O)[O-]. The van der Waals surface area contributed by atoms with Crippen molar-refractivity contribution in [1.82, 2.24) is 19.7 Å². The Morgan fingerprint density at radius 2 is 2.38 bits per heavy atom. The smallest absolute Gasteiger partial charge is 0.301 e. The Labute approximate surface area is 94.7 Å². The van der Waals surface area contributed by atoms with Crippen LogP contribution in [-0.4, -0.2) is 24.7 Å². The summed E-state index contributed by atoms with van der Waals surface area (Å²) in [6, 6.07) is 2.94. The number of hydrogen-bond donors (Lipinski definition) is 0. The van der Waals surface area contributed by atoms with E-state index >= 15 is 0 Å². The Balaban J connectivity index is 2.35. The number of hydrogen-bond acceptors (Lipinski definition) is 6. The van der Waals surface area contributed by atoms with E-state index in [9.17, 15) is 10.1 Å². The van der Waals surface area contributed by atoms with Gasteiger partial charge in [0.2, 0.25) is 0 Å². The third-order valence-electron chi connectivity index (χ3n) is 1.81. The first-order valence-corrected chi connectivity index (χ1v) is 5.11. The minimum Gasteiger partial charge on any atom is -0.311 e. The Morgan fingerprint density at radius 1 is 1.56 bits per heavy atom. The highest BCUT2D eigenvalue weighted by Crippen LogP contribution is 2.30. The number of aromatic nitrogens is 4. The predicted molar refractivity (Wildman–Crippen MR) is 56.0 cm³/mol. The molecule has 2 heterocycles. The summed E-state index contributed by atoms with van der Waals surface area (Å²) in [6.07, 6.45) is 3.03. The molecule has 82 valence electrons. The van der Waals surface area contributed by atoms with Crippen LogP contribution in [0.2, 0.25) is 0 Å². The molecule has 2 aromatic rings. The van der Waals surface area contributed by atoms with Crippen LogP contribution in [0.15, 0.2) is 34.8 Å². The summed E-state index contributed by atoms with van der Waals surface area (Å²) in [6.45, 7) is 0. The number of pyridine rings is 1. The van der Waals surface area contributed by atoms with Crippen LogP contribution in [0.1, 0.15) is 0 Å². The van der Waals surface area contributed by atoms with Gasteiger partial charge in [0.15, 0.2) is 10.2 Å². The van der Waals surface area contributed by atoms with E-state index in [0.717, 1.165) is 11.8 Å². The molecular weight excluding hydrogens is 230 g/mol. The maximum atomic E-state index is 10.7. The van der Waals surface area contributed by atoms with E-state index in [2.05, 4.69) is 15.2 Å². The third kappa shape index (κ3) is 2.01. The summed E-state index contributed by atoms with van der Waals surface area (Å²) >= 11 is 1.11. The molecule has 0 aliphatic heterocycles. The molecule has 8 heteroatoms. The lowest BCUT2D eigenvalue weighted by molar-refractivity contribution is -0.388. The van der Waals surface area contributed by atoms with Gasteiger partial charge in [0.25, 0.3) is 0 Å². The van der Waals surface area contributed by atoms with Crippen molar-refractivity contribution in [3.63, 3.8) is 0 Å². The second kappa shape index (κ2) is 4.27. The van der Waals surface area contributed by atoms with Gasteiger partial charge in [-0.3, -0.25) is 10.1 Å². The highest BCUT2D eigenvalue weighted by Gasteiger charge is 2.17. The monoisotopic (exact) mass is 237 g/mol. The van der Waals surface area contributed by atoms with Gasteiger partial charge in [-0.15, -0.1) is 10.2 Å². The van der Waals surface area contributed by atoms with E-state index in [-0.39, 0.29) is 5.69 Å². The van der Waals surface area contributed by atoms with Crippen LogP contribution < -0.4 is 0 Å². The average Bonchev–Trinajstić information content (AvgIpc) is 2.65. The van der Waals surface area contributed by atoms with E-state index in [0.29, 0.717) is 10.2 Å². The maximum Gasteiger partial charge on any atom is 0.301 e. The fourth-order valence-electron chi connectivity index (χ4n) is 1.05. The van der Waals surface area contributed by atoms with Crippen LogP contribution in [0.5, 0.6) is 0 Å². The first kappa shape index (κ1) is 10.6. The highest BCUT2D eigenvalue weighted by molar-refractivity contribution is 7.99. The molecule has 0 amide bonds. The number of nitro groups is 1. The average molecular weight is 237 g/mol. The molecule has 2 aromatic heterocycles. The van der Waals surface area contributed by atoms with Crippen molar-refractivity contribution in [2.24, 2.45) is 7.05 Å². The first-order valence-electron chi connectivity index (χ1n) is 4.29. The summed E-state index contributed by atoms with van der Waals surface area (Å²) in [5, 5.41) is 19.1. The number of nitrogens with zero attached hydrogens (tertiary/aromatic N) is 5. The molecule has 0 aromatic carbocycles. The first-order chi connectivity index (χ1) is 7.68. The van der Waals surface area contributed by atoms with Crippen LogP contribution in [0.3, 0.4) is 0 Å². The standard InChI is InChI=1S/C8H7N5O2S/c1-12-5-10-11-8(12)16-7-6(13(14)15)3-2-4-9-7/h2-5H,1H3. The third-order valence-corrected chi connectivity index (χ3v) is 2.87. The molecule has 0 N–H and O–H groups in total. The zero-order valence-electron chi connectivity index (χ0n) is 8.27. The van der Waals surface area contributed by atoms with Gasteiger partial charge in [0.05, 0.1) is 4.92 Å². The van der Waals surface area contributed by atoms with Crippen molar-refractivity contribution in [2.75, 3.05) is 0 Å². The van der Waals surface area contributed by atoms with Crippen molar-refractivity contribution in [3.8, 4) is 0 Å². The van der Waals surface area contributed by atoms with Crippen LogP contribution in [0, 0.1) is 10.1 Å². The fraction of sp³-hybridized carbons (Fsp3) is 0.125. The van der Waals surface area contributed by atoms with Gasteiger partial charge in [-0.2, -0.15) is 0 Å². The summed E-state index contributed by atoms with van der Waals surface area (Å²) in [7, 11) is 1.76. The molecule has 0 spiro atoms. The van der Waals surface area contributed by atoms with Gasteiger partial charge in [-0.25, -0.2) is 4.98 Å². The van der Waals surface area contributed by atoms with Gasteiger partial charge in [0, 0.05) is 19.3 Å². The van der Waals surface area contributed by atoms with Gasteiger partial charge >= 0.3 is 5.69 Å². The van der Waals surface area contributed by atoms with Crippen molar-refractivity contribution in [3.05, 3.63) is 34.8 Å². The lowest BCUT2D eigenvalue weighted by Gasteiger charge is -2.00. The van der Waals surface area contributed by atoms with Crippen molar-refractivity contribution < 1.29 is 4.92 Å². The molecule has 2 rings (SSSR count). The van der Waals surface area contributed by atoms with Gasteiger partial charge in [0.1, 0.15) is 6.33 Å². The van der Waals surface area contributed by atoms with E-state index in [4.69, 9.17) is 0 Å². The maximum absolute atomic E-state index is 10.7. The molecular formula is C8H7N5O2S. The quantitative estimate of drug-likeness (QED) is 0.590. The van der Waals surface area contributed by atoms with Gasteiger partial charge in [-0.1, -0.05) is 0 Å². The molecule has 0 fully saturated rings. The minimum absolute atomic E-state index is 0.0319. The van der Waals surface area contributed by atoms with Crippen LogP contribution in [0.4, 0.5) is 5.69 Å². The molecule has 0 bridgehead atoms. The molecule has 0 radical (unpaired) electrons. The van der Waals surface area contributed by atoms with Gasteiger partial charge < -0.3 is 4.57 Å². The summed E-state index contributed by atoms with van der Waals surface area (Å²) in [4.78, 5) is 14.2. The van der Waals surface area contributed by atoms with E-state index in [1.54, 1.807) is 11.6 Å². The second-order valence-corrected chi connectivity index (χ2v) is 3.87. The topological polar surface area (TPSA) is 86.7 Å². The molecule has 0 saturated heterocycles. The predicted octanol–water partition coefficient (Wildman–Crippen LogP) is 1.27. The van der Waals surface area contributed by atoms with Crippen molar-refractivity contribution in [2.45, 2.75) is 10.2 Å². The second-order valence-electron chi connectivity index (χ2n) is 2.91. The zero-order valence-corrected chi connectivity index (χ0v) is 9.09. The van der Waals surface area contributed by atoms with E-state index < -0.39 is 4.92 Å². The molecule has 0 unspecified atom stereocenters. The summed E-state index contributed by atoms with van der Waals surface area (Å²) in [5.74, 6) is 0. The fourth-order valence-corrected chi connectivity index (χ4v) is 1.86. The van der Waals surface area contributed by atoms with Crippen LogP contribution >= 0.6 is 11.8 Å². The highest BCUT2D eigenvalue weighted by atomic mass is 32.2. The van der Waals surface area contributed by atoms with Crippen molar-refractivity contribution in [1.29, 1.82) is 0 Å². The minimum atomic E-state index is -0.467. The largest absolute Gasteiger partial charge is 0.311 e. The molecule has 7 nitrogen and oxygen atoms in total. The Hall–Kier alpha value is -1.96. The van der Waals surface area contributed by atoms with Gasteiger partial charge in [-0.05, 0) is 17.8 Å². The van der Waals surface area contributed by atoms with Crippen LogP contribution in [0.25, 0.3) is 0 Å². The lowest BCUT2D eigenvalue weighted by atomic mass is 10.4. The Morgan fingerprint density at radius 3 is 3.00 bits per heavy atom. The molecule has 0 aliphatic rings. The van der Waals surface area contributed by atoms with Crippen LogP contribution in [-0.2, 0) is 7.05 Å². The van der Waals surface area contributed by atoms with Crippen molar-refractivity contribution >= 4 is 17.4 Å². The van der Waals surface area contributed by atoms with E-state index in [1.165, 1.54) is 24.7 Å².